The lowest BCUT2D eigenvalue weighted by molar-refractivity contribution is 0.0139. The van der Waals surface area contributed by atoms with Crippen LogP contribution in [0, 0.1) is 0 Å². The van der Waals surface area contributed by atoms with Crippen molar-refractivity contribution in [3.05, 3.63) is 23.9 Å². The molecule has 1 aromatic rings. The molecule has 1 atom stereocenters. The summed E-state index contributed by atoms with van der Waals surface area (Å²) >= 11 is 0. The quantitative estimate of drug-likeness (QED) is 0.833. The number of pyridine rings is 1. The van der Waals surface area contributed by atoms with Crippen LogP contribution in [0.3, 0.4) is 0 Å². The van der Waals surface area contributed by atoms with Gasteiger partial charge < -0.3 is 9.64 Å². The van der Waals surface area contributed by atoms with E-state index in [1.807, 2.05) is 13.8 Å². The minimum atomic E-state index is -3.34. The van der Waals surface area contributed by atoms with Crippen LogP contribution in [0.15, 0.2) is 23.4 Å². The third kappa shape index (κ3) is 4.01. The second-order valence-electron chi connectivity index (χ2n) is 5.50. The molecule has 1 aromatic heterocycles. The van der Waals surface area contributed by atoms with Gasteiger partial charge in [-0.25, -0.2) is 13.4 Å². The normalized spacial score (nSPS) is 19.2. The molecule has 1 aliphatic rings. The average molecular weight is 312 g/mol. The zero-order valence-electron chi connectivity index (χ0n) is 12.4. The van der Waals surface area contributed by atoms with Crippen molar-refractivity contribution in [2.24, 2.45) is 0 Å². The van der Waals surface area contributed by atoms with Gasteiger partial charge >= 0.3 is 0 Å². The Balaban J connectivity index is 2.04. The maximum Gasteiger partial charge on any atom is 0.255 e. The van der Waals surface area contributed by atoms with E-state index in [-0.39, 0.29) is 23.1 Å². The van der Waals surface area contributed by atoms with Gasteiger partial charge in [-0.1, -0.05) is 0 Å². The minimum Gasteiger partial charge on any atom is -0.374 e. The Labute approximate surface area is 125 Å². The molecule has 1 saturated heterocycles. The van der Waals surface area contributed by atoms with E-state index < -0.39 is 9.84 Å². The molecule has 0 saturated carbocycles. The first-order valence-electron chi connectivity index (χ1n) is 6.88. The summed E-state index contributed by atoms with van der Waals surface area (Å²) in [5, 5.41) is -0.0264. The molecular formula is C14H20N2O4S. The Hall–Kier alpha value is -1.47. The molecule has 0 aromatic carbocycles. The predicted octanol–water partition coefficient (Wildman–Crippen LogP) is 1.12. The van der Waals surface area contributed by atoms with E-state index in [4.69, 9.17) is 4.74 Å². The van der Waals surface area contributed by atoms with Gasteiger partial charge in [0.1, 0.15) is 0 Å². The van der Waals surface area contributed by atoms with E-state index in [2.05, 4.69) is 4.98 Å². The van der Waals surface area contributed by atoms with Crippen LogP contribution in [0.1, 0.15) is 30.6 Å². The van der Waals surface area contributed by atoms with Gasteiger partial charge in [0.05, 0.1) is 17.8 Å². The van der Waals surface area contributed by atoms with E-state index in [1.54, 1.807) is 4.90 Å². The van der Waals surface area contributed by atoms with E-state index in [0.717, 1.165) is 12.7 Å². The van der Waals surface area contributed by atoms with Crippen molar-refractivity contribution in [1.82, 2.24) is 9.88 Å². The summed E-state index contributed by atoms with van der Waals surface area (Å²) in [4.78, 5) is 17.9. The number of ether oxygens (including phenoxy) is 1. The standard InChI is InChI=1S/C14H20N2O4S/c1-10(2)20-12-6-7-16(9-12)14(17)11-4-5-13(15-8-11)21(3,18)19/h4-5,8,10,12H,6-7,9H2,1-3H3/t12-/m1/s1. The summed E-state index contributed by atoms with van der Waals surface area (Å²) in [6.07, 6.45) is 3.43. The number of rotatable bonds is 4. The van der Waals surface area contributed by atoms with E-state index in [0.29, 0.717) is 18.7 Å². The Kier molecular flexibility index (Phi) is 4.63. The van der Waals surface area contributed by atoms with E-state index in [1.165, 1.54) is 18.3 Å². The van der Waals surface area contributed by atoms with Crippen LogP contribution in [0.2, 0.25) is 0 Å². The smallest absolute Gasteiger partial charge is 0.255 e. The molecule has 0 bridgehead atoms. The van der Waals surface area contributed by atoms with Gasteiger partial charge in [-0.2, -0.15) is 0 Å². The topological polar surface area (TPSA) is 76.6 Å². The summed E-state index contributed by atoms with van der Waals surface area (Å²) in [6.45, 7) is 5.14. The highest BCUT2D eigenvalue weighted by molar-refractivity contribution is 7.90. The van der Waals surface area contributed by atoms with Crippen LogP contribution in [0.25, 0.3) is 0 Å². The largest absolute Gasteiger partial charge is 0.374 e. The number of sulfone groups is 1. The number of carbonyl (C=O) groups excluding carboxylic acids is 1. The Morgan fingerprint density at radius 1 is 1.43 bits per heavy atom. The first-order chi connectivity index (χ1) is 9.77. The molecule has 2 rings (SSSR count). The molecule has 21 heavy (non-hydrogen) atoms. The van der Waals surface area contributed by atoms with Gasteiger partial charge in [0.2, 0.25) is 0 Å². The number of carbonyl (C=O) groups is 1. The maximum atomic E-state index is 12.3. The third-order valence-electron chi connectivity index (χ3n) is 3.26. The molecule has 0 radical (unpaired) electrons. The molecule has 6 nitrogen and oxygen atoms in total. The van der Waals surface area contributed by atoms with Crippen molar-refractivity contribution in [3.8, 4) is 0 Å². The second-order valence-corrected chi connectivity index (χ2v) is 7.47. The number of nitrogens with zero attached hydrogens (tertiary/aromatic N) is 2. The van der Waals surface area contributed by atoms with Crippen LogP contribution in [0.5, 0.6) is 0 Å². The maximum absolute atomic E-state index is 12.3. The van der Waals surface area contributed by atoms with Crippen LogP contribution in [-0.2, 0) is 14.6 Å². The molecule has 116 valence electrons. The molecule has 1 fully saturated rings. The first kappa shape index (κ1) is 15.9. The summed E-state index contributed by atoms with van der Waals surface area (Å²) in [5.41, 5.74) is 0.396. The lowest BCUT2D eigenvalue weighted by atomic mass is 10.2. The van der Waals surface area contributed by atoms with Gasteiger partial charge in [0.25, 0.3) is 5.91 Å². The number of likely N-dealkylation sites (tertiary alicyclic amines) is 1. The molecule has 0 N–H and O–H groups in total. The lowest BCUT2D eigenvalue weighted by Gasteiger charge is -2.18. The van der Waals surface area contributed by atoms with Gasteiger partial charge in [-0.3, -0.25) is 4.79 Å². The SMILES string of the molecule is CC(C)O[C@@H]1CCN(C(=O)c2ccc(S(C)(=O)=O)nc2)C1. The highest BCUT2D eigenvalue weighted by atomic mass is 32.2. The van der Waals surface area contributed by atoms with Gasteiger partial charge in [0.15, 0.2) is 14.9 Å². The number of hydrogen-bond donors (Lipinski definition) is 0. The zero-order chi connectivity index (χ0) is 15.6. The number of aromatic nitrogens is 1. The fourth-order valence-electron chi connectivity index (χ4n) is 2.32. The highest BCUT2D eigenvalue weighted by Gasteiger charge is 2.28. The van der Waals surface area contributed by atoms with Gasteiger partial charge in [-0.15, -0.1) is 0 Å². The molecule has 7 heteroatoms. The summed E-state index contributed by atoms with van der Waals surface area (Å²) in [5.74, 6) is -0.141. The minimum absolute atomic E-state index is 0.0264. The monoisotopic (exact) mass is 312 g/mol. The Morgan fingerprint density at radius 3 is 2.67 bits per heavy atom. The van der Waals surface area contributed by atoms with Crippen molar-refractivity contribution in [3.63, 3.8) is 0 Å². The Morgan fingerprint density at radius 2 is 2.14 bits per heavy atom. The summed E-state index contributed by atoms with van der Waals surface area (Å²) < 4.78 is 28.4. The van der Waals surface area contributed by atoms with Crippen molar-refractivity contribution in [1.29, 1.82) is 0 Å². The van der Waals surface area contributed by atoms with E-state index >= 15 is 0 Å². The number of hydrogen-bond acceptors (Lipinski definition) is 5. The number of amides is 1. The molecule has 0 unspecified atom stereocenters. The fourth-order valence-corrected chi connectivity index (χ4v) is 2.88. The summed E-state index contributed by atoms with van der Waals surface area (Å²) in [7, 11) is -3.34. The zero-order valence-corrected chi connectivity index (χ0v) is 13.3. The lowest BCUT2D eigenvalue weighted by Crippen LogP contribution is -2.31. The molecule has 1 amide bonds. The van der Waals surface area contributed by atoms with Gasteiger partial charge in [0, 0.05) is 25.5 Å². The van der Waals surface area contributed by atoms with Crippen LogP contribution >= 0.6 is 0 Å². The van der Waals surface area contributed by atoms with Crippen molar-refractivity contribution in [2.45, 2.75) is 37.5 Å². The average Bonchev–Trinajstić information content (AvgIpc) is 2.84. The molecule has 1 aliphatic heterocycles. The fraction of sp³-hybridized carbons (Fsp3) is 0.571. The Bertz CT molecular complexity index is 610. The van der Waals surface area contributed by atoms with Crippen LogP contribution in [0.4, 0.5) is 0 Å². The van der Waals surface area contributed by atoms with Crippen molar-refractivity contribution in [2.75, 3.05) is 19.3 Å². The van der Waals surface area contributed by atoms with Crippen molar-refractivity contribution < 1.29 is 17.9 Å². The molecule has 0 aliphatic carbocycles. The van der Waals surface area contributed by atoms with Crippen LogP contribution in [-0.4, -0.2) is 55.8 Å². The molecular weight excluding hydrogens is 292 g/mol. The van der Waals surface area contributed by atoms with Gasteiger partial charge in [-0.05, 0) is 32.4 Å². The first-order valence-corrected chi connectivity index (χ1v) is 8.77. The predicted molar refractivity (Wildman–Crippen MR) is 77.9 cm³/mol. The van der Waals surface area contributed by atoms with Crippen LogP contribution < -0.4 is 0 Å². The van der Waals surface area contributed by atoms with E-state index in [9.17, 15) is 13.2 Å². The third-order valence-corrected chi connectivity index (χ3v) is 4.26. The molecule has 0 spiro atoms. The van der Waals surface area contributed by atoms with Crippen molar-refractivity contribution >= 4 is 15.7 Å². The summed E-state index contributed by atoms with van der Waals surface area (Å²) in [6, 6.07) is 2.86. The molecule has 2 heterocycles. The highest BCUT2D eigenvalue weighted by Crippen LogP contribution is 2.17. The second kappa shape index (κ2) is 6.11.